The first-order valence-corrected chi connectivity index (χ1v) is 19.7. The fourth-order valence-corrected chi connectivity index (χ4v) is 8.44. The molecule has 2 aliphatic rings. The van der Waals surface area contributed by atoms with Crippen molar-refractivity contribution in [1.82, 2.24) is 15.1 Å². The van der Waals surface area contributed by atoms with E-state index < -0.39 is 11.8 Å². The lowest BCUT2D eigenvalue weighted by Crippen LogP contribution is -2.41. The molecule has 0 spiro atoms. The maximum Gasteiger partial charge on any atom is 0.342 e. The second-order valence-electron chi connectivity index (χ2n) is 14.9. The number of phenols is 2. The Balaban J connectivity index is 1.14. The van der Waals surface area contributed by atoms with E-state index >= 15 is 0 Å². The molecule has 4 N–H and O–H groups in total. The van der Waals surface area contributed by atoms with Crippen molar-refractivity contribution in [2.24, 2.45) is 0 Å². The van der Waals surface area contributed by atoms with Crippen LogP contribution in [-0.4, -0.2) is 77.8 Å². The van der Waals surface area contributed by atoms with Gasteiger partial charge in [-0.15, -0.1) is 0 Å². The van der Waals surface area contributed by atoms with Gasteiger partial charge in [-0.25, -0.2) is 9.18 Å². The maximum absolute atomic E-state index is 13.8. The van der Waals surface area contributed by atoms with E-state index in [4.69, 9.17) is 13.6 Å². The van der Waals surface area contributed by atoms with E-state index in [0.29, 0.717) is 81.0 Å². The number of rotatable bonds is 11. The lowest BCUT2D eigenvalue weighted by atomic mass is 9.97. The van der Waals surface area contributed by atoms with E-state index in [-0.39, 0.29) is 35.6 Å². The van der Waals surface area contributed by atoms with Gasteiger partial charge < -0.3 is 34.4 Å². The first-order chi connectivity index (χ1) is 27.7. The number of carbonyl (C=O) groups is 2. The molecule has 12 heteroatoms. The van der Waals surface area contributed by atoms with Crippen molar-refractivity contribution >= 4 is 39.5 Å². The number of fused-ring (bicyclic) bond motifs is 2. The summed E-state index contributed by atoms with van der Waals surface area (Å²) in [6.45, 7) is 5.80. The SMILES string of the molecule is CCOC(=O)c1c(-c2ccccc2)oc2cc(NC3CCCN(Cc4c(O)ccc5oc(-c6ccc(F)cc6)c(C(=O)NC)c45)C3)c(O)c(CN3CCCCC3)c12. The number of likely N-dealkylation sites (tertiary alicyclic amines) is 2. The largest absolute Gasteiger partial charge is 0.508 e. The molecule has 0 radical (unpaired) electrons. The van der Waals surface area contributed by atoms with Crippen LogP contribution in [0.15, 0.2) is 81.6 Å². The summed E-state index contributed by atoms with van der Waals surface area (Å²) < 4.78 is 32.2. The molecule has 2 saturated heterocycles. The number of ether oxygens (including phenoxy) is 1. The van der Waals surface area contributed by atoms with E-state index in [1.165, 1.54) is 19.2 Å². The number of hydrogen-bond donors (Lipinski definition) is 4. The molecule has 11 nitrogen and oxygen atoms in total. The van der Waals surface area contributed by atoms with Crippen LogP contribution in [0.5, 0.6) is 11.5 Å². The summed E-state index contributed by atoms with van der Waals surface area (Å²) in [5.41, 5.74) is 4.44. The van der Waals surface area contributed by atoms with Gasteiger partial charge in [-0.1, -0.05) is 36.8 Å². The van der Waals surface area contributed by atoms with Gasteiger partial charge >= 0.3 is 5.97 Å². The highest BCUT2D eigenvalue weighted by molar-refractivity contribution is 6.13. The molecule has 8 rings (SSSR count). The summed E-state index contributed by atoms with van der Waals surface area (Å²) in [5.74, 6) is -0.500. The molecule has 4 heterocycles. The summed E-state index contributed by atoms with van der Waals surface area (Å²) in [4.78, 5) is 31.6. The van der Waals surface area contributed by atoms with E-state index in [2.05, 4.69) is 20.4 Å². The highest BCUT2D eigenvalue weighted by Crippen LogP contribution is 2.44. The predicted molar refractivity (Wildman–Crippen MR) is 217 cm³/mol. The summed E-state index contributed by atoms with van der Waals surface area (Å²) in [5, 5.41) is 30.8. The molecule has 2 fully saturated rings. The Hall–Kier alpha value is -5.85. The normalized spacial score (nSPS) is 16.6. The van der Waals surface area contributed by atoms with Crippen LogP contribution in [0.25, 0.3) is 44.6 Å². The number of anilines is 1. The fourth-order valence-electron chi connectivity index (χ4n) is 8.44. The van der Waals surface area contributed by atoms with Crippen molar-refractivity contribution in [2.45, 2.75) is 58.2 Å². The van der Waals surface area contributed by atoms with Crippen LogP contribution >= 0.6 is 0 Å². The van der Waals surface area contributed by atoms with Gasteiger partial charge in [-0.3, -0.25) is 14.6 Å². The van der Waals surface area contributed by atoms with Crippen molar-refractivity contribution < 1.29 is 37.8 Å². The van der Waals surface area contributed by atoms with Crippen LogP contribution in [0.2, 0.25) is 0 Å². The van der Waals surface area contributed by atoms with E-state index in [0.717, 1.165) is 57.3 Å². The standard InChI is InChI=1S/C45H47FN4O7/c1-3-55-45(54)40-38-32(26-49-20-8-5-9-21-49)41(52)33(23-36(38)57-43(40)27-11-6-4-7-12-27)48-30-13-10-22-50(24-30)25-31-34(51)18-19-35-37(31)39(44(53)47-2)42(56-35)28-14-16-29(46)17-15-28/h4,6-7,11-12,14-19,23,30,48,51-52H,3,5,8-10,13,20-22,24-26H2,1-2H3,(H,47,53). The molecule has 1 amide bonds. The van der Waals surface area contributed by atoms with Crippen molar-refractivity contribution in [3.63, 3.8) is 0 Å². The van der Waals surface area contributed by atoms with Crippen LogP contribution in [0.4, 0.5) is 10.1 Å². The van der Waals surface area contributed by atoms with Gasteiger partial charge in [0.1, 0.15) is 45.6 Å². The zero-order valence-corrected chi connectivity index (χ0v) is 32.2. The third-order valence-electron chi connectivity index (χ3n) is 11.1. The number of carbonyl (C=O) groups excluding carboxylic acids is 2. The molecule has 2 aromatic heterocycles. The first kappa shape index (κ1) is 38.0. The average Bonchev–Trinajstić information content (AvgIpc) is 3.81. The Morgan fingerprint density at radius 1 is 0.807 bits per heavy atom. The van der Waals surface area contributed by atoms with E-state index in [1.54, 1.807) is 37.3 Å². The van der Waals surface area contributed by atoms with Crippen LogP contribution in [0.1, 0.15) is 70.9 Å². The lowest BCUT2D eigenvalue weighted by Gasteiger charge is -2.34. The minimum absolute atomic E-state index is 0.0316. The number of nitrogens with zero attached hydrogens (tertiary/aromatic N) is 2. The highest BCUT2D eigenvalue weighted by Gasteiger charge is 2.32. The molecule has 6 aromatic rings. The van der Waals surface area contributed by atoms with Gasteiger partial charge in [0.15, 0.2) is 0 Å². The summed E-state index contributed by atoms with van der Waals surface area (Å²) in [6, 6.07) is 20.1. The molecular weight excluding hydrogens is 728 g/mol. The van der Waals surface area contributed by atoms with Crippen LogP contribution in [-0.2, 0) is 17.8 Å². The van der Waals surface area contributed by atoms with Gasteiger partial charge in [0.2, 0.25) is 0 Å². The Labute approximate surface area is 330 Å². The van der Waals surface area contributed by atoms with Gasteiger partial charge in [0.05, 0.1) is 17.9 Å². The Morgan fingerprint density at radius 2 is 1.47 bits per heavy atom. The molecule has 296 valence electrons. The molecular formula is C45H47FN4O7. The molecule has 2 aliphatic heterocycles. The number of aromatic hydroxyl groups is 2. The molecule has 4 aromatic carbocycles. The fraction of sp³-hybridized carbons (Fsp3) is 0.333. The molecule has 1 unspecified atom stereocenters. The molecule has 57 heavy (non-hydrogen) atoms. The third kappa shape index (κ3) is 7.54. The Morgan fingerprint density at radius 3 is 2.21 bits per heavy atom. The monoisotopic (exact) mass is 774 g/mol. The lowest BCUT2D eigenvalue weighted by molar-refractivity contribution is 0.0528. The second-order valence-corrected chi connectivity index (χ2v) is 14.9. The van der Waals surface area contributed by atoms with Gasteiger partial charge in [0, 0.05) is 71.8 Å². The van der Waals surface area contributed by atoms with E-state index in [1.807, 2.05) is 30.3 Å². The molecule has 1 atom stereocenters. The number of nitrogens with one attached hydrogen (secondary N) is 2. The van der Waals surface area contributed by atoms with Crippen LogP contribution < -0.4 is 10.6 Å². The number of benzene rings is 4. The van der Waals surface area contributed by atoms with E-state index in [9.17, 15) is 24.2 Å². The number of furan rings is 2. The summed E-state index contributed by atoms with van der Waals surface area (Å²) >= 11 is 0. The van der Waals surface area contributed by atoms with Crippen molar-refractivity contribution in [3.05, 3.63) is 101 Å². The average molecular weight is 775 g/mol. The van der Waals surface area contributed by atoms with Crippen molar-refractivity contribution in [3.8, 4) is 34.1 Å². The van der Waals surface area contributed by atoms with Crippen molar-refractivity contribution in [2.75, 3.05) is 45.2 Å². The zero-order valence-electron chi connectivity index (χ0n) is 32.2. The number of halogens is 1. The first-order valence-electron chi connectivity index (χ1n) is 19.7. The zero-order chi connectivity index (χ0) is 39.6. The number of phenolic OH excluding ortho intramolecular Hbond substituents is 2. The Bertz CT molecular complexity index is 2420. The highest BCUT2D eigenvalue weighted by atomic mass is 19.1. The van der Waals surface area contributed by atoms with Gasteiger partial charge in [-0.05, 0) is 88.6 Å². The topological polar surface area (TPSA) is 141 Å². The number of amides is 1. The van der Waals surface area contributed by atoms with Crippen LogP contribution in [0.3, 0.4) is 0 Å². The summed E-state index contributed by atoms with van der Waals surface area (Å²) in [7, 11) is 1.53. The summed E-state index contributed by atoms with van der Waals surface area (Å²) in [6.07, 6.45) is 4.93. The van der Waals surface area contributed by atoms with Gasteiger partial charge in [0.25, 0.3) is 5.91 Å². The second kappa shape index (κ2) is 16.3. The van der Waals surface area contributed by atoms with Crippen LogP contribution in [0, 0.1) is 5.82 Å². The smallest absolute Gasteiger partial charge is 0.342 e. The predicted octanol–water partition coefficient (Wildman–Crippen LogP) is 8.66. The van der Waals surface area contributed by atoms with Crippen molar-refractivity contribution in [1.29, 1.82) is 0 Å². The Kier molecular flexibility index (Phi) is 10.9. The van der Waals surface area contributed by atoms with Gasteiger partial charge in [-0.2, -0.15) is 0 Å². The minimum atomic E-state index is -0.502. The quantitative estimate of drug-likeness (QED) is 0.0747. The number of hydrogen-bond acceptors (Lipinski definition) is 10. The number of piperidine rings is 2. The number of esters is 1. The third-order valence-corrected chi connectivity index (χ3v) is 11.1. The molecule has 0 saturated carbocycles. The maximum atomic E-state index is 13.8. The molecule has 0 bridgehead atoms. The minimum Gasteiger partial charge on any atom is -0.508 e. The molecule has 0 aliphatic carbocycles.